The molecule has 0 unspecified atom stereocenters. The number of non-ortho nitro benzene ring substituents is 1. The van der Waals surface area contributed by atoms with Gasteiger partial charge in [-0.25, -0.2) is 9.67 Å². The summed E-state index contributed by atoms with van der Waals surface area (Å²) in [6.45, 7) is 0.498. The molecular weight excluding hydrogens is 482 g/mol. The Hall–Kier alpha value is -4.65. The summed E-state index contributed by atoms with van der Waals surface area (Å²) in [5.74, 6) is -0.528. The van der Waals surface area contributed by atoms with Crippen LogP contribution in [0.25, 0.3) is 11.0 Å². The predicted octanol–water partition coefficient (Wildman–Crippen LogP) is 2.54. The highest BCUT2D eigenvalue weighted by Gasteiger charge is 2.16. The van der Waals surface area contributed by atoms with Crippen LogP contribution in [0.3, 0.4) is 0 Å². The number of carbonyl (C=O) groups is 1. The van der Waals surface area contributed by atoms with E-state index in [1.54, 1.807) is 12.1 Å². The summed E-state index contributed by atoms with van der Waals surface area (Å²) in [5.41, 5.74) is 0.349. The molecule has 0 atom stereocenters. The molecule has 0 spiro atoms. The Labute approximate surface area is 200 Å². The van der Waals surface area contributed by atoms with Gasteiger partial charge >= 0.3 is 0 Å². The number of amides is 1. The molecule has 0 aliphatic carbocycles. The third-order valence-corrected chi connectivity index (χ3v) is 5.46. The van der Waals surface area contributed by atoms with Gasteiger partial charge in [0.15, 0.2) is 5.65 Å². The van der Waals surface area contributed by atoms with Crippen molar-refractivity contribution in [2.45, 2.75) is 13.1 Å². The van der Waals surface area contributed by atoms with E-state index in [1.807, 2.05) is 0 Å². The maximum absolute atomic E-state index is 12.8. The summed E-state index contributed by atoms with van der Waals surface area (Å²) in [6, 6.07) is 9.61. The fourth-order valence-electron chi connectivity index (χ4n) is 3.36. The average molecular weight is 498 g/mol. The molecule has 0 radical (unpaired) electrons. The number of aromatic nitrogens is 4. The first-order valence-electron chi connectivity index (χ1n) is 10.1. The van der Waals surface area contributed by atoms with Crippen LogP contribution in [-0.2, 0) is 13.1 Å². The number of nitrogens with one attached hydrogen (secondary N) is 1. The van der Waals surface area contributed by atoms with Crippen LogP contribution < -0.4 is 10.9 Å². The fourth-order valence-corrected chi connectivity index (χ4v) is 3.55. The second kappa shape index (κ2) is 9.69. The van der Waals surface area contributed by atoms with Crippen molar-refractivity contribution in [2.75, 3.05) is 6.54 Å². The van der Waals surface area contributed by atoms with E-state index in [0.717, 1.165) is 6.07 Å². The first kappa shape index (κ1) is 23.5. The summed E-state index contributed by atoms with van der Waals surface area (Å²) in [4.78, 5) is 50.1. The number of rotatable bonds is 8. The van der Waals surface area contributed by atoms with Crippen LogP contribution in [0.1, 0.15) is 15.9 Å². The van der Waals surface area contributed by atoms with Gasteiger partial charge in [0.2, 0.25) is 0 Å². The smallest absolute Gasteiger partial charge is 0.288 e. The van der Waals surface area contributed by atoms with Crippen LogP contribution in [0.2, 0.25) is 5.02 Å². The second-order valence-corrected chi connectivity index (χ2v) is 7.79. The molecule has 0 saturated carbocycles. The van der Waals surface area contributed by atoms with Gasteiger partial charge in [0.05, 0.1) is 29.1 Å². The zero-order valence-electron chi connectivity index (χ0n) is 17.8. The van der Waals surface area contributed by atoms with Crippen molar-refractivity contribution in [3.05, 3.63) is 102 Å². The van der Waals surface area contributed by atoms with Crippen molar-refractivity contribution in [3.63, 3.8) is 0 Å². The van der Waals surface area contributed by atoms with Crippen molar-refractivity contribution in [1.82, 2.24) is 24.6 Å². The van der Waals surface area contributed by atoms with Crippen molar-refractivity contribution in [3.8, 4) is 0 Å². The molecule has 0 aliphatic heterocycles. The number of nitro groups is 2. The summed E-state index contributed by atoms with van der Waals surface area (Å²) in [6.07, 6.45) is 2.73. The third-order valence-electron chi connectivity index (χ3n) is 5.14. The van der Waals surface area contributed by atoms with Gasteiger partial charge in [-0.3, -0.25) is 34.4 Å². The number of nitro benzene ring substituents is 2. The molecule has 2 aromatic heterocycles. The average Bonchev–Trinajstić information content (AvgIpc) is 3.25. The number of halogens is 1. The van der Waals surface area contributed by atoms with Gasteiger partial charge in [0.25, 0.3) is 22.8 Å². The Kier molecular flexibility index (Phi) is 6.51. The highest BCUT2D eigenvalue weighted by Crippen LogP contribution is 2.25. The lowest BCUT2D eigenvalue weighted by Gasteiger charge is -2.08. The van der Waals surface area contributed by atoms with E-state index in [-0.39, 0.29) is 52.5 Å². The first-order valence-corrected chi connectivity index (χ1v) is 10.5. The van der Waals surface area contributed by atoms with E-state index in [4.69, 9.17) is 11.6 Å². The molecule has 13 nitrogen and oxygen atoms in total. The van der Waals surface area contributed by atoms with Crippen LogP contribution in [-0.4, -0.2) is 41.6 Å². The Balaban J connectivity index is 1.44. The van der Waals surface area contributed by atoms with Crippen molar-refractivity contribution < 1.29 is 14.6 Å². The number of nitrogens with zero attached hydrogens (tertiary/aromatic N) is 6. The Bertz CT molecular complexity index is 1510. The molecule has 4 rings (SSSR count). The maximum Gasteiger partial charge on any atom is 0.288 e. The Morgan fingerprint density at radius 1 is 1.09 bits per heavy atom. The van der Waals surface area contributed by atoms with Crippen LogP contribution in [0.15, 0.2) is 59.8 Å². The topological polar surface area (TPSA) is 168 Å². The van der Waals surface area contributed by atoms with Gasteiger partial charge in [0, 0.05) is 30.3 Å². The number of hydrogen-bond donors (Lipinski definition) is 1. The van der Waals surface area contributed by atoms with Gasteiger partial charge in [-0.1, -0.05) is 23.7 Å². The molecular formula is C21H16ClN7O6. The molecule has 0 saturated heterocycles. The number of carbonyl (C=O) groups excluding carboxylic acids is 1. The van der Waals surface area contributed by atoms with Crippen molar-refractivity contribution in [2.24, 2.45) is 0 Å². The summed E-state index contributed by atoms with van der Waals surface area (Å²) >= 11 is 5.77. The van der Waals surface area contributed by atoms with E-state index in [2.05, 4.69) is 15.4 Å². The molecule has 1 N–H and O–H groups in total. The monoisotopic (exact) mass is 497 g/mol. The van der Waals surface area contributed by atoms with Crippen LogP contribution in [0, 0.1) is 20.2 Å². The summed E-state index contributed by atoms with van der Waals surface area (Å²) < 4.78 is 2.82. The number of fused-ring (bicyclic) bond motifs is 1. The second-order valence-electron chi connectivity index (χ2n) is 7.39. The minimum Gasteiger partial charge on any atom is -0.350 e. The zero-order chi connectivity index (χ0) is 25.1. The molecule has 2 aromatic carbocycles. The lowest BCUT2D eigenvalue weighted by atomic mass is 10.2. The van der Waals surface area contributed by atoms with Gasteiger partial charge in [-0.05, 0) is 17.7 Å². The van der Waals surface area contributed by atoms with E-state index < -0.39 is 15.8 Å². The molecule has 35 heavy (non-hydrogen) atoms. The SMILES string of the molecule is O=C(NCCn1ncc2c(=O)n(Cc3ccc([N+](=O)[O-])cc3)cnc21)c1ccc(Cl)c([N+](=O)[O-])c1. The minimum atomic E-state index is -0.672. The highest BCUT2D eigenvalue weighted by atomic mass is 35.5. The van der Waals surface area contributed by atoms with E-state index in [0.29, 0.717) is 11.2 Å². The van der Waals surface area contributed by atoms with Crippen molar-refractivity contribution >= 4 is 39.9 Å². The highest BCUT2D eigenvalue weighted by molar-refractivity contribution is 6.32. The van der Waals surface area contributed by atoms with Gasteiger partial charge in [-0.15, -0.1) is 0 Å². The maximum atomic E-state index is 12.8. The lowest BCUT2D eigenvalue weighted by molar-refractivity contribution is -0.385. The molecule has 0 bridgehead atoms. The summed E-state index contributed by atoms with van der Waals surface area (Å²) in [7, 11) is 0. The van der Waals surface area contributed by atoms with Crippen LogP contribution in [0.4, 0.5) is 11.4 Å². The molecule has 0 fully saturated rings. The zero-order valence-corrected chi connectivity index (χ0v) is 18.6. The quantitative estimate of drug-likeness (QED) is 0.286. The van der Waals surface area contributed by atoms with E-state index in [1.165, 1.54) is 46.0 Å². The first-order chi connectivity index (χ1) is 16.7. The third kappa shape index (κ3) is 4.99. The number of hydrogen-bond acceptors (Lipinski definition) is 8. The molecule has 178 valence electrons. The van der Waals surface area contributed by atoms with E-state index in [9.17, 15) is 29.8 Å². The number of benzene rings is 2. The van der Waals surface area contributed by atoms with E-state index >= 15 is 0 Å². The molecule has 1 amide bonds. The fraction of sp³-hybridized carbons (Fsp3) is 0.143. The van der Waals surface area contributed by atoms with Crippen LogP contribution >= 0.6 is 11.6 Å². The standard InChI is InChI=1S/C21H16ClN7O6/c22-17-6-3-14(9-18(17)29(34)35)20(30)23-7-8-27-19-16(10-25-27)21(31)26(12-24-19)11-13-1-4-15(5-2-13)28(32)33/h1-6,9-10,12H,7-8,11H2,(H,23,30). The van der Waals surface area contributed by atoms with Gasteiger partial charge in [0.1, 0.15) is 16.7 Å². The Morgan fingerprint density at radius 3 is 2.51 bits per heavy atom. The Morgan fingerprint density at radius 2 is 1.83 bits per heavy atom. The molecule has 4 aromatic rings. The van der Waals surface area contributed by atoms with Gasteiger partial charge < -0.3 is 5.32 Å². The van der Waals surface area contributed by atoms with Gasteiger partial charge in [-0.2, -0.15) is 5.10 Å². The molecule has 0 aliphatic rings. The summed E-state index contributed by atoms with van der Waals surface area (Å²) in [5, 5.41) is 28.8. The van der Waals surface area contributed by atoms with Crippen molar-refractivity contribution in [1.29, 1.82) is 0 Å². The minimum absolute atomic E-state index is 0.0441. The molecule has 14 heteroatoms. The normalized spacial score (nSPS) is 10.9. The lowest BCUT2D eigenvalue weighted by Crippen LogP contribution is -2.28. The van der Waals surface area contributed by atoms with Crippen LogP contribution in [0.5, 0.6) is 0 Å². The predicted molar refractivity (Wildman–Crippen MR) is 124 cm³/mol. The molecule has 2 heterocycles. The largest absolute Gasteiger partial charge is 0.350 e.